The third-order valence-corrected chi connectivity index (χ3v) is 3.20. The molecule has 0 aliphatic heterocycles. The SMILES string of the molecule is CCOc1ccc(NC(=O)CC(CC)CN)cc1CO. The number of benzene rings is 1. The Bertz CT molecular complexity index is 431. The van der Waals surface area contributed by atoms with Crippen molar-refractivity contribution in [1.29, 1.82) is 0 Å². The molecule has 0 aliphatic rings. The van der Waals surface area contributed by atoms with Crippen molar-refractivity contribution in [2.45, 2.75) is 33.3 Å². The summed E-state index contributed by atoms with van der Waals surface area (Å²) >= 11 is 0. The van der Waals surface area contributed by atoms with Gasteiger partial charge in [-0.15, -0.1) is 0 Å². The van der Waals surface area contributed by atoms with E-state index in [9.17, 15) is 9.90 Å². The van der Waals surface area contributed by atoms with E-state index in [2.05, 4.69) is 5.32 Å². The van der Waals surface area contributed by atoms with E-state index < -0.39 is 0 Å². The van der Waals surface area contributed by atoms with Crippen LogP contribution in [0.3, 0.4) is 0 Å². The second-order valence-electron chi connectivity index (χ2n) is 4.68. The molecular weight excluding hydrogens is 256 g/mol. The van der Waals surface area contributed by atoms with Crippen molar-refractivity contribution in [2.75, 3.05) is 18.5 Å². The number of aliphatic hydroxyl groups is 1. The summed E-state index contributed by atoms with van der Waals surface area (Å²) in [6.07, 6.45) is 1.30. The van der Waals surface area contributed by atoms with Crippen LogP contribution in [-0.2, 0) is 11.4 Å². The maximum atomic E-state index is 11.9. The third-order valence-electron chi connectivity index (χ3n) is 3.20. The van der Waals surface area contributed by atoms with Crippen LogP contribution in [0.1, 0.15) is 32.3 Å². The zero-order chi connectivity index (χ0) is 15.0. The van der Waals surface area contributed by atoms with Gasteiger partial charge in [0.1, 0.15) is 5.75 Å². The van der Waals surface area contributed by atoms with Gasteiger partial charge in [0.05, 0.1) is 13.2 Å². The van der Waals surface area contributed by atoms with E-state index in [0.717, 1.165) is 6.42 Å². The minimum Gasteiger partial charge on any atom is -0.494 e. The van der Waals surface area contributed by atoms with Crippen molar-refractivity contribution >= 4 is 11.6 Å². The lowest BCUT2D eigenvalue weighted by atomic mass is 10.0. The number of nitrogens with two attached hydrogens (primary N) is 1. The summed E-state index contributed by atoms with van der Waals surface area (Å²) in [4.78, 5) is 11.9. The lowest BCUT2D eigenvalue weighted by Gasteiger charge is -2.14. The van der Waals surface area contributed by atoms with Gasteiger partial charge >= 0.3 is 0 Å². The molecule has 0 radical (unpaired) electrons. The van der Waals surface area contributed by atoms with E-state index in [4.69, 9.17) is 10.5 Å². The first kappa shape index (κ1) is 16.5. The van der Waals surface area contributed by atoms with E-state index in [1.807, 2.05) is 13.8 Å². The molecular formula is C15H24N2O3. The molecule has 0 fully saturated rings. The average Bonchev–Trinajstić information content (AvgIpc) is 2.46. The molecule has 0 saturated heterocycles. The van der Waals surface area contributed by atoms with Crippen molar-refractivity contribution in [1.82, 2.24) is 0 Å². The molecule has 0 aromatic heterocycles. The van der Waals surface area contributed by atoms with E-state index >= 15 is 0 Å². The first-order valence-corrected chi connectivity index (χ1v) is 7.01. The van der Waals surface area contributed by atoms with Gasteiger partial charge in [0.15, 0.2) is 0 Å². The molecule has 1 unspecified atom stereocenters. The maximum absolute atomic E-state index is 11.9. The van der Waals surface area contributed by atoms with Gasteiger partial charge in [-0.1, -0.05) is 13.3 Å². The molecule has 0 heterocycles. The topological polar surface area (TPSA) is 84.6 Å². The Labute approximate surface area is 120 Å². The smallest absolute Gasteiger partial charge is 0.224 e. The van der Waals surface area contributed by atoms with Crippen LogP contribution in [0, 0.1) is 5.92 Å². The summed E-state index contributed by atoms with van der Waals surface area (Å²) in [6.45, 7) is 4.82. The summed E-state index contributed by atoms with van der Waals surface area (Å²) in [6, 6.07) is 5.25. The van der Waals surface area contributed by atoms with Crippen molar-refractivity contribution < 1.29 is 14.6 Å². The fraction of sp³-hybridized carbons (Fsp3) is 0.533. The highest BCUT2D eigenvalue weighted by atomic mass is 16.5. The van der Waals surface area contributed by atoms with Gasteiger partial charge in [-0.3, -0.25) is 4.79 Å². The highest BCUT2D eigenvalue weighted by Gasteiger charge is 2.11. The molecule has 1 aromatic carbocycles. The number of rotatable bonds is 8. The number of carbonyl (C=O) groups is 1. The second kappa shape index (κ2) is 8.55. The van der Waals surface area contributed by atoms with Gasteiger partial charge in [0.2, 0.25) is 5.91 Å². The molecule has 1 rings (SSSR count). The fourth-order valence-corrected chi connectivity index (χ4v) is 1.95. The van der Waals surface area contributed by atoms with Crippen LogP contribution in [0.4, 0.5) is 5.69 Å². The Morgan fingerprint density at radius 2 is 2.20 bits per heavy atom. The highest BCUT2D eigenvalue weighted by Crippen LogP contribution is 2.23. The normalized spacial score (nSPS) is 12.0. The van der Waals surface area contributed by atoms with Gasteiger partial charge in [0.25, 0.3) is 0 Å². The zero-order valence-corrected chi connectivity index (χ0v) is 12.2. The Kier molecular flexibility index (Phi) is 7.04. The van der Waals surface area contributed by atoms with E-state index in [1.54, 1.807) is 18.2 Å². The standard InChI is InChI=1S/C15H24N2O3/c1-3-11(9-16)7-15(19)17-13-5-6-14(20-4-2)12(8-13)10-18/h5-6,8,11,18H,3-4,7,9-10,16H2,1-2H3,(H,17,19). The van der Waals surface area contributed by atoms with Crippen LogP contribution >= 0.6 is 0 Å². The molecule has 0 aliphatic carbocycles. The van der Waals surface area contributed by atoms with Crippen molar-refractivity contribution in [3.05, 3.63) is 23.8 Å². The predicted molar refractivity (Wildman–Crippen MR) is 79.6 cm³/mol. The summed E-state index contributed by atoms with van der Waals surface area (Å²) in [7, 11) is 0. The number of ether oxygens (including phenoxy) is 1. The molecule has 4 N–H and O–H groups in total. The molecule has 5 heteroatoms. The average molecular weight is 280 g/mol. The van der Waals surface area contributed by atoms with Gasteiger partial charge in [-0.2, -0.15) is 0 Å². The number of carbonyl (C=O) groups excluding carboxylic acids is 1. The molecule has 1 aromatic rings. The molecule has 20 heavy (non-hydrogen) atoms. The van der Waals surface area contributed by atoms with Crippen LogP contribution < -0.4 is 15.8 Å². The third kappa shape index (κ3) is 4.83. The van der Waals surface area contributed by atoms with Crippen LogP contribution in [0.2, 0.25) is 0 Å². The molecule has 112 valence electrons. The Morgan fingerprint density at radius 1 is 1.45 bits per heavy atom. The Balaban J connectivity index is 2.70. The lowest BCUT2D eigenvalue weighted by Crippen LogP contribution is -2.21. The number of hydrogen-bond acceptors (Lipinski definition) is 4. The summed E-state index contributed by atoms with van der Waals surface area (Å²) < 4.78 is 5.40. The van der Waals surface area contributed by atoms with Gasteiger partial charge < -0.3 is 20.9 Å². The lowest BCUT2D eigenvalue weighted by molar-refractivity contribution is -0.117. The fourth-order valence-electron chi connectivity index (χ4n) is 1.95. The maximum Gasteiger partial charge on any atom is 0.224 e. The summed E-state index contributed by atoms with van der Waals surface area (Å²) in [5, 5.41) is 12.1. The first-order chi connectivity index (χ1) is 9.64. The van der Waals surface area contributed by atoms with Crippen molar-refractivity contribution in [3.63, 3.8) is 0 Å². The van der Waals surface area contributed by atoms with Crippen molar-refractivity contribution in [2.24, 2.45) is 11.7 Å². The van der Waals surface area contributed by atoms with Gasteiger partial charge in [-0.05, 0) is 37.6 Å². The number of nitrogens with one attached hydrogen (secondary N) is 1. The molecule has 5 nitrogen and oxygen atoms in total. The summed E-state index contributed by atoms with van der Waals surface area (Å²) in [5.74, 6) is 0.784. The second-order valence-corrected chi connectivity index (χ2v) is 4.68. The Morgan fingerprint density at radius 3 is 2.75 bits per heavy atom. The Hall–Kier alpha value is -1.59. The minimum atomic E-state index is -0.126. The minimum absolute atomic E-state index is 0.0599. The van der Waals surface area contributed by atoms with E-state index in [-0.39, 0.29) is 18.4 Å². The molecule has 1 amide bonds. The zero-order valence-electron chi connectivity index (χ0n) is 12.2. The number of anilines is 1. The van der Waals surface area contributed by atoms with Crippen molar-refractivity contribution in [3.8, 4) is 5.75 Å². The first-order valence-electron chi connectivity index (χ1n) is 7.01. The van der Waals surface area contributed by atoms with Gasteiger partial charge in [0, 0.05) is 17.7 Å². The largest absolute Gasteiger partial charge is 0.494 e. The monoisotopic (exact) mass is 280 g/mol. The number of aliphatic hydroxyl groups excluding tert-OH is 1. The van der Waals surface area contributed by atoms with Crippen LogP contribution in [0.15, 0.2) is 18.2 Å². The van der Waals surface area contributed by atoms with Crippen LogP contribution in [0.25, 0.3) is 0 Å². The highest BCUT2D eigenvalue weighted by molar-refractivity contribution is 5.91. The number of amides is 1. The van der Waals surface area contributed by atoms with Gasteiger partial charge in [-0.25, -0.2) is 0 Å². The predicted octanol–water partition coefficient (Wildman–Crippen LogP) is 1.89. The van der Waals surface area contributed by atoms with Crippen LogP contribution in [0.5, 0.6) is 5.75 Å². The van der Waals surface area contributed by atoms with Crippen LogP contribution in [-0.4, -0.2) is 24.2 Å². The number of hydrogen-bond donors (Lipinski definition) is 3. The molecule has 1 atom stereocenters. The van der Waals surface area contributed by atoms with E-state index in [1.165, 1.54) is 0 Å². The summed E-state index contributed by atoms with van der Waals surface area (Å²) in [5.41, 5.74) is 6.92. The molecule has 0 saturated carbocycles. The molecule has 0 spiro atoms. The molecule has 0 bridgehead atoms. The van der Waals surface area contributed by atoms with E-state index in [0.29, 0.717) is 36.6 Å². The quantitative estimate of drug-likeness (QED) is 0.679.